The van der Waals surface area contributed by atoms with E-state index in [1.165, 1.54) is 0 Å². The zero-order valence-corrected chi connectivity index (χ0v) is 9.33. The van der Waals surface area contributed by atoms with Gasteiger partial charge in [-0.2, -0.15) is 5.26 Å². The van der Waals surface area contributed by atoms with Crippen LogP contribution in [0.25, 0.3) is 0 Å². The van der Waals surface area contributed by atoms with Gasteiger partial charge in [-0.25, -0.2) is 0 Å². The van der Waals surface area contributed by atoms with Crippen molar-refractivity contribution in [1.82, 2.24) is 5.32 Å². The van der Waals surface area contributed by atoms with Gasteiger partial charge in [0.05, 0.1) is 12.2 Å². The number of hydrogen-bond acceptors (Lipinski definition) is 4. The van der Waals surface area contributed by atoms with Crippen molar-refractivity contribution in [3.05, 3.63) is 0 Å². The molecule has 0 spiro atoms. The molecule has 1 rings (SSSR count). The van der Waals surface area contributed by atoms with Gasteiger partial charge in [-0.05, 0) is 25.8 Å². The molecule has 4 nitrogen and oxygen atoms in total. The summed E-state index contributed by atoms with van der Waals surface area (Å²) < 4.78 is 5.38. The molecule has 4 heteroatoms. The molecular formula is C11H20N2O2. The summed E-state index contributed by atoms with van der Waals surface area (Å²) >= 11 is 0. The lowest BCUT2D eigenvalue weighted by atomic mass is 9.80. The van der Waals surface area contributed by atoms with Crippen molar-refractivity contribution in [1.29, 1.82) is 5.26 Å². The molecule has 86 valence electrons. The van der Waals surface area contributed by atoms with Crippen LogP contribution in [-0.2, 0) is 4.74 Å². The number of rotatable bonds is 5. The number of methoxy groups -OCH3 is 1. The van der Waals surface area contributed by atoms with Crippen LogP contribution in [0.2, 0.25) is 0 Å². The monoisotopic (exact) mass is 212 g/mol. The molecule has 0 aliphatic heterocycles. The summed E-state index contributed by atoms with van der Waals surface area (Å²) in [6.07, 6.45) is 4.64. The van der Waals surface area contributed by atoms with Crippen molar-refractivity contribution in [3.63, 3.8) is 0 Å². The Bertz CT molecular complexity index is 227. The third kappa shape index (κ3) is 2.91. The fourth-order valence-electron chi connectivity index (χ4n) is 2.22. The van der Waals surface area contributed by atoms with Gasteiger partial charge in [0, 0.05) is 13.7 Å². The van der Waals surface area contributed by atoms with Crippen LogP contribution in [0, 0.1) is 11.3 Å². The Labute approximate surface area is 91.2 Å². The second-order valence-electron chi connectivity index (χ2n) is 4.06. The van der Waals surface area contributed by atoms with E-state index in [0.717, 1.165) is 25.7 Å². The maximum Gasteiger partial charge on any atom is 0.133 e. The highest BCUT2D eigenvalue weighted by Crippen LogP contribution is 2.30. The molecule has 2 unspecified atom stereocenters. The average molecular weight is 212 g/mol. The number of ether oxygens (including phenoxy) is 1. The summed E-state index contributed by atoms with van der Waals surface area (Å²) in [5.41, 5.74) is -0.540. The van der Waals surface area contributed by atoms with Gasteiger partial charge in [0.2, 0.25) is 0 Å². The molecule has 0 aromatic heterocycles. The molecule has 0 heterocycles. The molecule has 0 radical (unpaired) electrons. The summed E-state index contributed by atoms with van der Waals surface area (Å²) in [7, 11) is 1.66. The zero-order chi connectivity index (χ0) is 11.1. The fraction of sp³-hybridized carbons (Fsp3) is 0.909. The lowest BCUT2D eigenvalue weighted by molar-refractivity contribution is 0.0125. The van der Waals surface area contributed by atoms with Crippen LogP contribution in [0.4, 0.5) is 0 Å². The van der Waals surface area contributed by atoms with Gasteiger partial charge < -0.3 is 9.84 Å². The first-order valence-electron chi connectivity index (χ1n) is 5.59. The minimum atomic E-state index is -0.540. The maximum atomic E-state index is 9.29. The van der Waals surface area contributed by atoms with Crippen molar-refractivity contribution in [2.24, 2.45) is 0 Å². The third-order valence-electron chi connectivity index (χ3n) is 3.10. The van der Waals surface area contributed by atoms with Gasteiger partial charge >= 0.3 is 0 Å². The first-order chi connectivity index (χ1) is 7.29. The molecule has 0 aromatic rings. The van der Waals surface area contributed by atoms with E-state index in [2.05, 4.69) is 11.4 Å². The summed E-state index contributed by atoms with van der Waals surface area (Å²) in [6, 6.07) is 2.36. The van der Waals surface area contributed by atoms with Crippen LogP contribution in [-0.4, -0.2) is 37.0 Å². The maximum absolute atomic E-state index is 9.29. The van der Waals surface area contributed by atoms with Gasteiger partial charge in [-0.15, -0.1) is 0 Å². The molecule has 0 saturated heterocycles. The van der Waals surface area contributed by atoms with Crippen LogP contribution < -0.4 is 5.32 Å². The summed E-state index contributed by atoms with van der Waals surface area (Å²) in [4.78, 5) is 0. The van der Waals surface area contributed by atoms with Crippen LogP contribution >= 0.6 is 0 Å². The van der Waals surface area contributed by atoms with Crippen LogP contribution in [0.3, 0.4) is 0 Å². The zero-order valence-electron chi connectivity index (χ0n) is 9.33. The normalized spacial score (nSPS) is 31.1. The van der Waals surface area contributed by atoms with Crippen LogP contribution in [0.5, 0.6) is 0 Å². The molecule has 15 heavy (non-hydrogen) atoms. The van der Waals surface area contributed by atoms with Crippen molar-refractivity contribution >= 4 is 0 Å². The molecule has 0 bridgehead atoms. The SMILES string of the molecule is COC1CCCCC1(C#N)NCCCO. The highest BCUT2D eigenvalue weighted by atomic mass is 16.5. The number of nitrogens with zero attached hydrogens (tertiary/aromatic N) is 1. The molecule has 1 fully saturated rings. The topological polar surface area (TPSA) is 65.3 Å². The lowest BCUT2D eigenvalue weighted by Crippen LogP contribution is -2.56. The Kier molecular flexibility index (Phi) is 5.03. The number of nitriles is 1. The minimum absolute atomic E-state index is 0.0186. The van der Waals surface area contributed by atoms with E-state index in [4.69, 9.17) is 9.84 Å². The van der Waals surface area contributed by atoms with Gasteiger partial charge in [-0.3, -0.25) is 5.32 Å². The number of aliphatic hydroxyl groups excluding tert-OH is 1. The van der Waals surface area contributed by atoms with Crippen LogP contribution in [0.15, 0.2) is 0 Å². The number of hydrogen-bond donors (Lipinski definition) is 2. The van der Waals surface area contributed by atoms with Crippen molar-refractivity contribution in [3.8, 4) is 6.07 Å². The molecular weight excluding hydrogens is 192 g/mol. The second-order valence-corrected chi connectivity index (χ2v) is 4.06. The summed E-state index contributed by atoms with van der Waals surface area (Å²) in [5, 5.41) is 21.2. The predicted octanol–water partition coefficient (Wildman–Crippen LogP) is 0.810. The van der Waals surface area contributed by atoms with E-state index in [1.54, 1.807) is 7.11 Å². The highest BCUT2D eigenvalue weighted by Gasteiger charge is 2.40. The quantitative estimate of drug-likeness (QED) is 0.662. The molecule has 1 aliphatic rings. The Morgan fingerprint density at radius 2 is 2.40 bits per heavy atom. The van der Waals surface area contributed by atoms with E-state index in [-0.39, 0.29) is 12.7 Å². The Morgan fingerprint density at radius 1 is 1.60 bits per heavy atom. The molecule has 2 N–H and O–H groups in total. The highest BCUT2D eigenvalue weighted by molar-refractivity contribution is 5.13. The largest absolute Gasteiger partial charge is 0.396 e. The van der Waals surface area contributed by atoms with Gasteiger partial charge in [0.25, 0.3) is 0 Å². The first-order valence-corrected chi connectivity index (χ1v) is 5.59. The van der Waals surface area contributed by atoms with Crippen molar-refractivity contribution in [2.45, 2.75) is 43.7 Å². The van der Waals surface area contributed by atoms with E-state index >= 15 is 0 Å². The molecule has 1 aliphatic carbocycles. The first kappa shape index (κ1) is 12.4. The molecule has 1 saturated carbocycles. The van der Waals surface area contributed by atoms with Gasteiger partial charge in [0.15, 0.2) is 0 Å². The molecule has 2 atom stereocenters. The van der Waals surface area contributed by atoms with E-state index < -0.39 is 5.54 Å². The number of nitrogens with one attached hydrogen (secondary N) is 1. The molecule has 0 amide bonds. The van der Waals surface area contributed by atoms with E-state index in [0.29, 0.717) is 13.0 Å². The second kappa shape index (κ2) is 6.06. The van der Waals surface area contributed by atoms with E-state index in [1.807, 2.05) is 0 Å². The number of aliphatic hydroxyl groups is 1. The Morgan fingerprint density at radius 3 is 3.00 bits per heavy atom. The average Bonchev–Trinajstić information content (AvgIpc) is 2.30. The lowest BCUT2D eigenvalue weighted by Gasteiger charge is -2.38. The molecule has 0 aromatic carbocycles. The van der Waals surface area contributed by atoms with Crippen molar-refractivity contribution < 1.29 is 9.84 Å². The predicted molar refractivity (Wildman–Crippen MR) is 57.3 cm³/mol. The van der Waals surface area contributed by atoms with Gasteiger partial charge in [-0.1, -0.05) is 12.8 Å². The Hall–Kier alpha value is -0.630. The Balaban J connectivity index is 2.58. The van der Waals surface area contributed by atoms with Crippen LogP contribution in [0.1, 0.15) is 32.1 Å². The van der Waals surface area contributed by atoms with E-state index in [9.17, 15) is 5.26 Å². The summed E-state index contributed by atoms with van der Waals surface area (Å²) in [6.45, 7) is 0.829. The minimum Gasteiger partial charge on any atom is -0.396 e. The third-order valence-corrected chi connectivity index (χ3v) is 3.10. The summed E-state index contributed by atoms with van der Waals surface area (Å²) in [5.74, 6) is 0. The smallest absolute Gasteiger partial charge is 0.133 e. The fourth-order valence-corrected chi connectivity index (χ4v) is 2.22. The van der Waals surface area contributed by atoms with Crippen molar-refractivity contribution in [2.75, 3.05) is 20.3 Å². The standard InChI is InChI=1S/C11H20N2O2/c1-15-10-5-2-3-6-11(10,9-12)13-7-4-8-14/h10,13-14H,2-8H2,1H3. The van der Waals surface area contributed by atoms with Gasteiger partial charge in [0.1, 0.15) is 5.54 Å².